The molecule has 0 fully saturated rings. The van der Waals surface area contributed by atoms with Gasteiger partial charge in [0.05, 0.1) is 27.8 Å². The Hall–Kier alpha value is -1.95. The van der Waals surface area contributed by atoms with Crippen LogP contribution in [0.15, 0.2) is 12.1 Å². The first kappa shape index (κ1) is 17.1. The number of rotatable bonds is 9. The van der Waals surface area contributed by atoms with Gasteiger partial charge in [0.1, 0.15) is 0 Å². The molecule has 118 valence electrons. The second-order valence-electron chi connectivity index (χ2n) is 4.41. The van der Waals surface area contributed by atoms with Gasteiger partial charge >= 0.3 is 0 Å². The molecule has 0 radical (unpaired) electrons. The first-order chi connectivity index (χ1) is 10.2. The molecular weight excluding hydrogens is 274 g/mol. The Morgan fingerprint density at radius 2 is 1.67 bits per heavy atom. The third kappa shape index (κ3) is 5.15. The largest absolute Gasteiger partial charge is 0.493 e. The Bertz CT molecular complexity index is 436. The van der Waals surface area contributed by atoms with Crippen LogP contribution in [0.3, 0.4) is 0 Å². The van der Waals surface area contributed by atoms with Crippen LogP contribution in [0.25, 0.3) is 0 Å². The van der Waals surface area contributed by atoms with Gasteiger partial charge in [-0.3, -0.25) is 4.79 Å². The summed E-state index contributed by atoms with van der Waals surface area (Å²) in [6.07, 6.45) is 1.04. The highest BCUT2D eigenvalue weighted by Gasteiger charge is 2.14. The van der Waals surface area contributed by atoms with Crippen molar-refractivity contribution in [2.45, 2.75) is 12.8 Å². The summed E-state index contributed by atoms with van der Waals surface area (Å²) in [5.41, 5.74) is 0.800. The van der Waals surface area contributed by atoms with E-state index < -0.39 is 0 Å². The van der Waals surface area contributed by atoms with Crippen LogP contribution < -0.4 is 19.5 Å². The van der Waals surface area contributed by atoms with Crippen LogP contribution in [0.2, 0.25) is 0 Å². The number of benzene rings is 1. The summed E-state index contributed by atoms with van der Waals surface area (Å²) in [6.45, 7) is 1.22. The molecule has 0 heterocycles. The number of nitrogens with one attached hydrogen (secondary N) is 1. The predicted octanol–water partition coefficient (Wildman–Crippen LogP) is 1.41. The summed E-state index contributed by atoms with van der Waals surface area (Å²) in [5.74, 6) is 1.54. The van der Waals surface area contributed by atoms with Gasteiger partial charge < -0.3 is 24.3 Å². The Balaban J connectivity index is 2.72. The fourth-order valence-corrected chi connectivity index (χ4v) is 1.93. The fourth-order valence-electron chi connectivity index (χ4n) is 1.93. The number of ether oxygens (including phenoxy) is 4. The van der Waals surface area contributed by atoms with Crippen LogP contribution in [0.1, 0.15) is 12.0 Å². The van der Waals surface area contributed by atoms with Crippen molar-refractivity contribution >= 4 is 5.91 Å². The lowest BCUT2D eigenvalue weighted by molar-refractivity contribution is -0.120. The number of carbonyl (C=O) groups is 1. The summed E-state index contributed by atoms with van der Waals surface area (Å²) >= 11 is 0. The van der Waals surface area contributed by atoms with E-state index >= 15 is 0 Å². The van der Waals surface area contributed by atoms with Gasteiger partial charge in [-0.2, -0.15) is 0 Å². The molecule has 0 spiro atoms. The summed E-state index contributed by atoms with van der Waals surface area (Å²) in [7, 11) is 6.28. The molecule has 1 amide bonds. The van der Waals surface area contributed by atoms with Crippen LogP contribution in [0, 0.1) is 0 Å². The highest BCUT2D eigenvalue weighted by atomic mass is 16.5. The molecule has 0 atom stereocenters. The third-order valence-corrected chi connectivity index (χ3v) is 2.94. The van der Waals surface area contributed by atoms with Gasteiger partial charge in [0.2, 0.25) is 11.7 Å². The lowest BCUT2D eigenvalue weighted by Gasteiger charge is -2.14. The molecule has 0 aliphatic heterocycles. The predicted molar refractivity (Wildman–Crippen MR) is 79.3 cm³/mol. The summed E-state index contributed by atoms with van der Waals surface area (Å²) in [6, 6.07) is 3.55. The molecule has 0 bridgehead atoms. The van der Waals surface area contributed by atoms with Crippen molar-refractivity contribution in [2.24, 2.45) is 0 Å². The van der Waals surface area contributed by atoms with Crippen LogP contribution in [0.5, 0.6) is 17.2 Å². The Labute approximate surface area is 125 Å². The summed E-state index contributed by atoms with van der Waals surface area (Å²) in [5, 5.41) is 2.84. The van der Waals surface area contributed by atoms with Crippen molar-refractivity contribution in [2.75, 3.05) is 41.6 Å². The van der Waals surface area contributed by atoms with Crippen LogP contribution in [0.4, 0.5) is 0 Å². The number of methoxy groups -OCH3 is 4. The summed E-state index contributed by atoms with van der Waals surface area (Å²) < 4.78 is 20.7. The maximum Gasteiger partial charge on any atom is 0.224 e. The number of carbonyl (C=O) groups excluding carboxylic acids is 1. The highest BCUT2D eigenvalue weighted by molar-refractivity contribution is 5.79. The van der Waals surface area contributed by atoms with Crippen molar-refractivity contribution in [1.82, 2.24) is 5.32 Å². The van der Waals surface area contributed by atoms with E-state index in [2.05, 4.69) is 5.32 Å². The Morgan fingerprint density at radius 3 is 2.14 bits per heavy atom. The maximum absolute atomic E-state index is 11.9. The van der Waals surface area contributed by atoms with Gasteiger partial charge in [-0.1, -0.05) is 0 Å². The maximum atomic E-state index is 11.9. The van der Waals surface area contributed by atoms with Gasteiger partial charge in [-0.05, 0) is 24.1 Å². The minimum atomic E-state index is -0.0552. The lowest BCUT2D eigenvalue weighted by Crippen LogP contribution is -2.26. The normalized spacial score (nSPS) is 10.1. The van der Waals surface area contributed by atoms with Crippen LogP contribution in [-0.4, -0.2) is 47.5 Å². The average Bonchev–Trinajstić information content (AvgIpc) is 2.50. The van der Waals surface area contributed by atoms with Gasteiger partial charge in [-0.25, -0.2) is 0 Å². The second-order valence-corrected chi connectivity index (χ2v) is 4.41. The van der Waals surface area contributed by atoms with E-state index in [0.717, 1.165) is 12.0 Å². The van der Waals surface area contributed by atoms with Gasteiger partial charge in [0.15, 0.2) is 11.5 Å². The van der Waals surface area contributed by atoms with E-state index in [1.807, 2.05) is 0 Å². The molecule has 21 heavy (non-hydrogen) atoms. The van der Waals surface area contributed by atoms with Crippen LogP contribution in [-0.2, 0) is 16.0 Å². The smallest absolute Gasteiger partial charge is 0.224 e. The van der Waals surface area contributed by atoms with E-state index in [1.54, 1.807) is 40.6 Å². The summed E-state index contributed by atoms with van der Waals surface area (Å²) in [4.78, 5) is 11.9. The van der Waals surface area contributed by atoms with E-state index in [-0.39, 0.29) is 12.3 Å². The first-order valence-electron chi connectivity index (χ1n) is 6.70. The fraction of sp³-hybridized carbons (Fsp3) is 0.533. The molecule has 0 saturated carbocycles. The standard InChI is InChI=1S/C15H23NO5/c1-18-7-5-6-16-14(17)10-11-8-12(19-2)15(21-4)13(9-11)20-3/h8-9H,5-7,10H2,1-4H3,(H,16,17). The quantitative estimate of drug-likeness (QED) is 0.698. The van der Waals surface area contributed by atoms with E-state index in [9.17, 15) is 4.79 Å². The zero-order valence-electron chi connectivity index (χ0n) is 13.0. The van der Waals surface area contributed by atoms with E-state index in [4.69, 9.17) is 18.9 Å². The lowest BCUT2D eigenvalue weighted by atomic mass is 10.1. The Kier molecular flexibility index (Phi) is 7.39. The second kappa shape index (κ2) is 9.07. The molecular formula is C15H23NO5. The first-order valence-corrected chi connectivity index (χ1v) is 6.70. The molecule has 6 heteroatoms. The number of hydrogen-bond acceptors (Lipinski definition) is 5. The van der Waals surface area contributed by atoms with E-state index in [1.165, 1.54) is 0 Å². The third-order valence-electron chi connectivity index (χ3n) is 2.94. The molecule has 0 aromatic heterocycles. The topological polar surface area (TPSA) is 66.0 Å². The SMILES string of the molecule is COCCCNC(=O)Cc1cc(OC)c(OC)c(OC)c1. The molecule has 6 nitrogen and oxygen atoms in total. The van der Waals surface area contributed by atoms with Crippen molar-refractivity contribution in [3.8, 4) is 17.2 Å². The zero-order valence-corrected chi connectivity index (χ0v) is 13.0. The van der Waals surface area contributed by atoms with Crippen LogP contribution >= 0.6 is 0 Å². The highest BCUT2D eigenvalue weighted by Crippen LogP contribution is 2.38. The molecule has 0 aliphatic rings. The van der Waals surface area contributed by atoms with Crippen molar-refractivity contribution in [1.29, 1.82) is 0 Å². The average molecular weight is 297 g/mol. The molecule has 1 rings (SSSR count). The van der Waals surface area contributed by atoms with Gasteiger partial charge in [0, 0.05) is 20.3 Å². The minimum Gasteiger partial charge on any atom is -0.493 e. The van der Waals surface area contributed by atoms with Gasteiger partial charge in [0.25, 0.3) is 0 Å². The molecule has 0 saturated heterocycles. The Morgan fingerprint density at radius 1 is 1.05 bits per heavy atom. The van der Waals surface area contributed by atoms with Crippen molar-refractivity contribution in [3.05, 3.63) is 17.7 Å². The van der Waals surface area contributed by atoms with Crippen molar-refractivity contribution < 1.29 is 23.7 Å². The molecule has 1 aromatic carbocycles. The van der Waals surface area contributed by atoms with Gasteiger partial charge in [-0.15, -0.1) is 0 Å². The molecule has 1 N–H and O–H groups in total. The van der Waals surface area contributed by atoms with Crippen molar-refractivity contribution in [3.63, 3.8) is 0 Å². The zero-order chi connectivity index (χ0) is 15.7. The number of amides is 1. The monoisotopic (exact) mass is 297 g/mol. The molecule has 0 unspecified atom stereocenters. The minimum absolute atomic E-state index is 0.0552. The van der Waals surface area contributed by atoms with E-state index in [0.29, 0.717) is 30.4 Å². The molecule has 0 aliphatic carbocycles. The number of hydrogen-bond donors (Lipinski definition) is 1. The molecule has 1 aromatic rings.